The fourth-order valence-electron chi connectivity index (χ4n) is 1.33. The van der Waals surface area contributed by atoms with Crippen LogP contribution < -0.4 is 5.32 Å². The summed E-state index contributed by atoms with van der Waals surface area (Å²) in [6.07, 6.45) is 0.562. The molecule has 1 aromatic carbocycles. The lowest BCUT2D eigenvalue weighted by Gasteiger charge is -2.03. The van der Waals surface area contributed by atoms with E-state index in [1.54, 1.807) is 24.3 Å². The van der Waals surface area contributed by atoms with Crippen molar-refractivity contribution < 1.29 is 14.3 Å². The van der Waals surface area contributed by atoms with Crippen molar-refractivity contribution in [3.05, 3.63) is 46.4 Å². The van der Waals surface area contributed by atoms with Gasteiger partial charge in [-0.3, -0.25) is 10.1 Å². The molecule has 0 saturated carbocycles. The largest absolute Gasteiger partial charge is 0.421 e. The Morgan fingerprint density at radius 1 is 1.32 bits per heavy atom. The van der Waals surface area contributed by atoms with E-state index in [2.05, 4.69) is 15.0 Å². The molecular formula is C12H9ClN2O3S. The van der Waals surface area contributed by atoms with E-state index in [9.17, 15) is 9.59 Å². The molecule has 0 fully saturated rings. The van der Waals surface area contributed by atoms with Crippen LogP contribution in [0.3, 0.4) is 0 Å². The predicted octanol–water partition coefficient (Wildman–Crippen LogP) is 3.11. The molecule has 19 heavy (non-hydrogen) atoms. The van der Waals surface area contributed by atoms with Gasteiger partial charge in [0.15, 0.2) is 5.13 Å². The molecule has 1 N–H and O–H groups in total. The van der Waals surface area contributed by atoms with Gasteiger partial charge in [-0.25, -0.2) is 9.78 Å². The van der Waals surface area contributed by atoms with Crippen LogP contribution in [0, 0.1) is 0 Å². The number of carbonyl (C=O) groups is 2. The van der Waals surface area contributed by atoms with Crippen molar-refractivity contribution in [2.75, 3.05) is 5.32 Å². The number of thiazole rings is 1. The normalized spacial score (nSPS) is 9.95. The van der Waals surface area contributed by atoms with Gasteiger partial charge in [-0.1, -0.05) is 53.3 Å². The maximum absolute atomic E-state index is 11.5. The number of nitrogens with one attached hydrogen (secondary N) is 1. The summed E-state index contributed by atoms with van der Waals surface area (Å²) >= 11 is 6.73. The lowest BCUT2D eigenvalue weighted by molar-refractivity contribution is -0.136. The molecule has 0 spiro atoms. The summed E-state index contributed by atoms with van der Waals surface area (Å²) in [7, 11) is 0. The van der Waals surface area contributed by atoms with Crippen molar-refractivity contribution in [2.45, 2.75) is 6.42 Å². The molecule has 1 amide bonds. The second-order valence-corrected chi connectivity index (χ2v) is 5.18. The van der Waals surface area contributed by atoms with E-state index in [4.69, 9.17) is 11.6 Å². The fourth-order valence-corrected chi connectivity index (χ4v) is 2.12. The summed E-state index contributed by atoms with van der Waals surface area (Å²) in [6, 6.07) is 9.01. The Bertz CT molecular complexity index is 586. The van der Waals surface area contributed by atoms with E-state index in [1.807, 2.05) is 6.07 Å². The van der Waals surface area contributed by atoms with Gasteiger partial charge >= 0.3 is 12.1 Å². The second-order valence-electron chi connectivity index (χ2n) is 3.52. The number of ether oxygens (including phenoxy) is 1. The second kappa shape index (κ2) is 6.31. The van der Waals surface area contributed by atoms with Gasteiger partial charge in [0.2, 0.25) is 0 Å². The third-order valence-corrected chi connectivity index (χ3v) is 3.11. The highest BCUT2D eigenvalue weighted by Crippen LogP contribution is 2.22. The smallest absolute Gasteiger partial charge is 0.376 e. The number of benzene rings is 1. The Hall–Kier alpha value is -1.92. The van der Waals surface area contributed by atoms with Crippen LogP contribution in [-0.4, -0.2) is 17.0 Å². The van der Waals surface area contributed by atoms with E-state index in [-0.39, 0.29) is 11.6 Å². The zero-order chi connectivity index (χ0) is 13.7. The molecule has 0 bridgehead atoms. The van der Waals surface area contributed by atoms with Gasteiger partial charge in [0.05, 0.1) is 12.6 Å². The standard InChI is InChI=1S/C12H9ClN2O3S/c13-9-7-14-11(19-9)15-12(17)18-10(16)6-8-4-2-1-3-5-8/h1-5,7H,6H2,(H,14,15,17). The fraction of sp³-hybridized carbons (Fsp3) is 0.0833. The Morgan fingerprint density at radius 2 is 2.05 bits per heavy atom. The minimum absolute atomic E-state index is 0.0346. The topological polar surface area (TPSA) is 68.3 Å². The van der Waals surface area contributed by atoms with Gasteiger partial charge in [-0.05, 0) is 5.56 Å². The molecule has 0 atom stereocenters. The zero-order valence-corrected chi connectivity index (χ0v) is 11.2. The monoisotopic (exact) mass is 296 g/mol. The van der Waals surface area contributed by atoms with Gasteiger partial charge in [-0.15, -0.1) is 0 Å². The van der Waals surface area contributed by atoms with Crippen molar-refractivity contribution in [2.24, 2.45) is 0 Å². The van der Waals surface area contributed by atoms with E-state index in [0.29, 0.717) is 4.34 Å². The third-order valence-electron chi connectivity index (χ3n) is 2.08. The highest BCUT2D eigenvalue weighted by atomic mass is 35.5. The van der Waals surface area contributed by atoms with Crippen LogP contribution in [-0.2, 0) is 16.0 Å². The maximum Gasteiger partial charge on any atom is 0.421 e. The molecular weight excluding hydrogens is 288 g/mol. The van der Waals surface area contributed by atoms with Crippen LogP contribution in [0.5, 0.6) is 0 Å². The molecule has 2 aromatic rings. The number of amides is 1. The first-order valence-electron chi connectivity index (χ1n) is 5.30. The van der Waals surface area contributed by atoms with Crippen molar-refractivity contribution in [1.29, 1.82) is 0 Å². The van der Waals surface area contributed by atoms with Crippen molar-refractivity contribution in [3.8, 4) is 0 Å². The highest BCUT2D eigenvalue weighted by molar-refractivity contribution is 7.19. The average molecular weight is 297 g/mol. The molecule has 0 unspecified atom stereocenters. The van der Waals surface area contributed by atoms with Crippen molar-refractivity contribution >= 4 is 40.1 Å². The number of nitrogens with zero attached hydrogens (tertiary/aromatic N) is 1. The Labute approximate surface area is 118 Å². The van der Waals surface area contributed by atoms with Crippen LogP contribution in [0.2, 0.25) is 4.34 Å². The summed E-state index contributed by atoms with van der Waals surface area (Å²) in [5.41, 5.74) is 0.776. The van der Waals surface area contributed by atoms with Crippen LogP contribution >= 0.6 is 22.9 Å². The van der Waals surface area contributed by atoms with Gasteiger partial charge in [0, 0.05) is 0 Å². The number of anilines is 1. The van der Waals surface area contributed by atoms with E-state index in [1.165, 1.54) is 6.20 Å². The Balaban J connectivity index is 1.84. The number of hydrogen-bond donors (Lipinski definition) is 1. The minimum atomic E-state index is -0.869. The van der Waals surface area contributed by atoms with E-state index < -0.39 is 12.1 Å². The molecule has 1 heterocycles. The minimum Gasteiger partial charge on any atom is -0.376 e. The SMILES string of the molecule is O=C(Cc1ccccc1)OC(=O)Nc1ncc(Cl)s1. The zero-order valence-electron chi connectivity index (χ0n) is 9.63. The van der Waals surface area contributed by atoms with E-state index in [0.717, 1.165) is 16.9 Å². The van der Waals surface area contributed by atoms with E-state index >= 15 is 0 Å². The molecule has 5 nitrogen and oxygen atoms in total. The van der Waals surface area contributed by atoms with Gasteiger partial charge in [0.25, 0.3) is 0 Å². The molecule has 98 valence electrons. The summed E-state index contributed by atoms with van der Waals surface area (Å²) in [5, 5.41) is 2.60. The summed E-state index contributed by atoms with van der Waals surface area (Å²) in [5.74, 6) is -0.633. The highest BCUT2D eigenvalue weighted by Gasteiger charge is 2.12. The van der Waals surface area contributed by atoms with Crippen LogP contribution in [0.1, 0.15) is 5.56 Å². The predicted molar refractivity (Wildman–Crippen MR) is 72.4 cm³/mol. The first-order chi connectivity index (χ1) is 9.13. The number of aromatic nitrogens is 1. The average Bonchev–Trinajstić information content (AvgIpc) is 2.75. The Kier molecular flexibility index (Phi) is 4.48. The lowest BCUT2D eigenvalue weighted by atomic mass is 10.2. The quantitative estimate of drug-likeness (QED) is 0.698. The summed E-state index contributed by atoms with van der Waals surface area (Å²) in [4.78, 5) is 26.7. The van der Waals surface area contributed by atoms with Crippen LogP contribution in [0.4, 0.5) is 9.93 Å². The Morgan fingerprint density at radius 3 is 2.68 bits per heavy atom. The first-order valence-corrected chi connectivity index (χ1v) is 6.50. The number of esters is 1. The first kappa shape index (κ1) is 13.5. The molecule has 0 radical (unpaired) electrons. The van der Waals surface area contributed by atoms with Crippen molar-refractivity contribution in [3.63, 3.8) is 0 Å². The molecule has 0 aliphatic rings. The molecule has 1 aromatic heterocycles. The number of rotatable bonds is 3. The molecule has 0 aliphatic heterocycles. The number of hydrogen-bond acceptors (Lipinski definition) is 5. The molecule has 7 heteroatoms. The molecule has 0 aliphatic carbocycles. The summed E-state index contributed by atoms with van der Waals surface area (Å²) < 4.78 is 5.04. The van der Waals surface area contributed by atoms with Gasteiger partial charge in [-0.2, -0.15) is 0 Å². The van der Waals surface area contributed by atoms with Gasteiger partial charge in [0.1, 0.15) is 4.34 Å². The number of carbonyl (C=O) groups excluding carboxylic acids is 2. The third kappa shape index (κ3) is 4.35. The van der Waals surface area contributed by atoms with Crippen LogP contribution in [0.25, 0.3) is 0 Å². The number of halogens is 1. The summed E-state index contributed by atoms with van der Waals surface area (Å²) in [6.45, 7) is 0. The van der Waals surface area contributed by atoms with Gasteiger partial charge < -0.3 is 4.74 Å². The van der Waals surface area contributed by atoms with Crippen LogP contribution in [0.15, 0.2) is 36.5 Å². The molecule has 2 rings (SSSR count). The van der Waals surface area contributed by atoms with Crippen molar-refractivity contribution in [1.82, 2.24) is 4.98 Å². The molecule has 0 saturated heterocycles. The lowest BCUT2D eigenvalue weighted by Crippen LogP contribution is -2.19. The maximum atomic E-state index is 11.5.